The van der Waals surface area contributed by atoms with Crippen molar-refractivity contribution < 1.29 is 4.74 Å². The Balaban J connectivity index is 2.06. The Morgan fingerprint density at radius 2 is 1.44 bits per heavy atom. The summed E-state index contributed by atoms with van der Waals surface area (Å²) in [5.41, 5.74) is 3.76. The van der Waals surface area contributed by atoms with Crippen LogP contribution in [0.2, 0.25) is 0 Å². The molecule has 3 aromatic rings. The van der Waals surface area contributed by atoms with Crippen molar-refractivity contribution in [3.05, 3.63) is 66.2 Å². The van der Waals surface area contributed by atoms with Crippen LogP contribution in [-0.2, 0) is 6.61 Å². The molecule has 0 N–H and O–H groups in total. The van der Waals surface area contributed by atoms with Crippen LogP contribution >= 0.6 is 0 Å². The lowest BCUT2D eigenvalue weighted by molar-refractivity contribution is 0.303. The predicted molar refractivity (Wildman–Crippen MR) is 73.7 cm³/mol. The van der Waals surface area contributed by atoms with Crippen molar-refractivity contribution in [2.24, 2.45) is 0 Å². The molecule has 0 saturated carbocycles. The zero-order valence-electron chi connectivity index (χ0n) is 9.89. The highest BCUT2D eigenvalue weighted by Crippen LogP contribution is 2.39. The van der Waals surface area contributed by atoms with E-state index in [9.17, 15) is 0 Å². The van der Waals surface area contributed by atoms with Gasteiger partial charge in [0.05, 0.1) is 0 Å². The Labute approximate surface area is 106 Å². The summed E-state index contributed by atoms with van der Waals surface area (Å²) in [6, 6.07) is 21.2. The maximum atomic E-state index is 5.86. The SMILES string of the molecule is c1ccc2c(c1)COc1cc3ccccc3cc1-2. The lowest BCUT2D eigenvalue weighted by Crippen LogP contribution is -2.04. The smallest absolute Gasteiger partial charge is 0.128 e. The zero-order valence-corrected chi connectivity index (χ0v) is 9.89. The minimum Gasteiger partial charge on any atom is -0.488 e. The largest absolute Gasteiger partial charge is 0.488 e. The third kappa shape index (κ3) is 1.34. The summed E-state index contributed by atoms with van der Waals surface area (Å²) in [6.07, 6.45) is 0. The van der Waals surface area contributed by atoms with Crippen LogP contribution in [0, 0.1) is 0 Å². The van der Waals surface area contributed by atoms with Crippen LogP contribution in [0.25, 0.3) is 21.9 Å². The van der Waals surface area contributed by atoms with Crippen molar-refractivity contribution in [2.75, 3.05) is 0 Å². The average molecular weight is 232 g/mol. The van der Waals surface area contributed by atoms with Crippen LogP contribution in [0.5, 0.6) is 5.75 Å². The van der Waals surface area contributed by atoms with Gasteiger partial charge in [0.1, 0.15) is 12.4 Å². The van der Waals surface area contributed by atoms with E-state index in [1.165, 1.54) is 27.5 Å². The fraction of sp³-hybridized carbons (Fsp3) is 0.0588. The van der Waals surface area contributed by atoms with Gasteiger partial charge in [-0.1, -0.05) is 48.5 Å². The number of hydrogen-bond donors (Lipinski definition) is 0. The summed E-state index contributed by atoms with van der Waals surface area (Å²) >= 11 is 0. The fourth-order valence-corrected chi connectivity index (χ4v) is 2.61. The second-order valence-corrected chi connectivity index (χ2v) is 4.64. The second kappa shape index (κ2) is 3.61. The van der Waals surface area contributed by atoms with Crippen LogP contribution in [0.4, 0.5) is 0 Å². The lowest BCUT2D eigenvalue weighted by atomic mass is 9.95. The molecule has 18 heavy (non-hydrogen) atoms. The molecule has 4 rings (SSSR count). The molecule has 1 nitrogen and oxygen atoms in total. The zero-order chi connectivity index (χ0) is 11.9. The summed E-state index contributed by atoms with van der Waals surface area (Å²) in [5, 5.41) is 2.49. The molecule has 1 aliphatic rings. The van der Waals surface area contributed by atoms with E-state index in [-0.39, 0.29) is 0 Å². The highest BCUT2D eigenvalue weighted by molar-refractivity contribution is 5.91. The fourth-order valence-electron chi connectivity index (χ4n) is 2.61. The summed E-state index contributed by atoms with van der Waals surface area (Å²) in [4.78, 5) is 0. The molecule has 0 atom stereocenters. The average Bonchev–Trinajstić information content (AvgIpc) is 2.45. The van der Waals surface area contributed by atoms with Gasteiger partial charge in [-0.05, 0) is 34.0 Å². The summed E-state index contributed by atoms with van der Waals surface area (Å²) in [6.45, 7) is 0.668. The summed E-state index contributed by atoms with van der Waals surface area (Å²) < 4.78 is 5.86. The van der Waals surface area contributed by atoms with Gasteiger partial charge >= 0.3 is 0 Å². The van der Waals surface area contributed by atoms with Gasteiger partial charge < -0.3 is 4.74 Å². The Hall–Kier alpha value is -2.28. The van der Waals surface area contributed by atoms with Crippen molar-refractivity contribution in [3.8, 4) is 16.9 Å². The molecule has 0 aliphatic carbocycles. The van der Waals surface area contributed by atoms with Gasteiger partial charge in [-0.3, -0.25) is 0 Å². The topological polar surface area (TPSA) is 9.23 Å². The Morgan fingerprint density at radius 3 is 2.33 bits per heavy atom. The maximum Gasteiger partial charge on any atom is 0.128 e. The quantitative estimate of drug-likeness (QED) is 0.558. The predicted octanol–water partition coefficient (Wildman–Crippen LogP) is 4.40. The number of benzene rings is 3. The number of rotatable bonds is 0. The van der Waals surface area contributed by atoms with E-state index in [0.717, 1.165) is 5.75 Å². The molecule has 0 radical (unpaired) electrons. The van der Waals surface area contributed by atoms with Crippen LogP contribution in [0.1, 0.15) is 5.56 Å². The minimum absolute atomic E-state index is 0.668. The first kappa shape index (κ1) is 9.72. The number of ether oxygens (including phenoxy) is 1. The molecule has 0 saturated heterocycles. The molecular weight excluding hydrogens is 220 g/mol. The monoisotopic (exact) mass is 232 g/mol. The van der Waals surface area contributed by atoms with Crippen molar-refractivity contribution >= 4 is 10.8 Å². The highest BCUT2D eigenvalue weighted by atomic mass is 16.5. The van der Waals surface area contributed by atoms with Gasteiger partial charge in [0.15, 0.2) is 0 Å². The normalized spacial score (nSPS) is 12.7. The first-order valence-electron chi connectivity index (χ1n) is 6.16. The first-order valence-corrected chi connectivity index (χ1v) is 6.16. The standard InChI is InChI=1S/C17H12O/c1-2-6-13-10-17-16(9-12(13)5-1)15-8-4-3-7-14(15)11-18-17/h1-10H,11H2. The number of hydrogen-bond acceptors (Lipinski definition) is 1. The van der Waals surface area contributed by atoms with Crippen molar-refractivity contribution in [3.63, 3.8) is 0 Å². The van der Waals surface area contributed by atoms with E-state index < -0.39 is 0 Å². The molecule has 1 heterocycles. The molecule has 3 aromatic carbocycles. The Bertz CT molecular complexity index is 743. The minimum atomic E-state index is 0.668. The van der Waals surface area contributed by atoms with Crippen molar-refractivity contribution in [2.45, 2.75) is 6.61 Å². The maximum absolute atomic E-state index is 5.86. The van der Waals surface area contributed by atoms with E-state index in [2.05, 4.69) is 60.7 Å². The van der Waals surface area contributed by atoms with Crippen LogP contribution in [-0.4, -0.2) is 0 Å². The Morgan fingerprint density at radius 1 is 0.722 bits per heavy atom. The van der Waals surface area contributed by atoms with Crippen LogP contribution in [0.3, 0.4) is 0 Å². The molecule has 0 aromatic heterocycles. The molecular formula is C17H12O. The van der Waals surface area contributed by atoms with Crippen LogP contribution < -0.4 is 4.74 Å². The molecule has 1 aliphatic heterocycles. The highest BCUT2D eigenvalue weighted by Gasteiger charge is 2.16. The van der Waals surface area contributed by atoms with Gasteiger partial charge in [-0.25, -0.2) is 0 Å². The molecule has 1 heteroatoms. The number of fused-ring (bicyclic) bond motifs is 4. The first-order chi connectivity index (χ1) is 8.92. The van der Waals surface area contributed by atoms with Gasteiger partial charge in [-0.2, -0.15) is 0 Å². The Kier molecular flexibility index (Phi) is 1.95. The molecule has 0 amide bonds. The molecule has 86 valence electrons. The van der Waals surface area contributed by atoms with Gasteiger partial charge in [0.2, 0.25) is 0 Å². The lowest BCUT2D eigenvalue weighted by Gasteiger charge is -2.21. The summed E-state index contributed by atoms with van der Waals surface area (Å²) in [7, 11) is 0. The second-order valence-electron chi connectivity index (χ2n) is 4.64. The van der Waals surface area contributed by atoms with Gasteiger partial charge in [0.25, 0.3) is 0 Å². The molecule has 0 fully saturated rings. The van der Waals surface area contributed by atoms with Crippen molar-refractivity contribution in [1.82, 2.24) is 0 Å². The third-order valence-corrected chi connectivity index (χ3v) is 3.54. The van der Waals surface area contributed by atoms with Gasteiger partial charge in [0, 0.05) is 5.56 Å². The van der Waals surface area contributed by atoms with E-state index >= 15 is 0 Å². The van der Waals surface area contributed by atoms with Crippen molar-refractivity contribution in [1.29, 1.82) is 0 Å². The van der Waals surface area contributed by atoms with Gasteiger partial charge in [-0.15, -0.1) is 0 Å². The molecule has 0 spiro atoms. The van der Waals surface area contributed by atoms with E-state index in [1.807, 2.05) is 0 Å². The van der Waals surface area contributed by atoms with E-state index in [1.54, 1.807) is 0 Å². The third-order valence-electron chi connectivity index (χ3n) is 3.54. The van der Waals surface area contributed by atoms with E-state index in [4.69, 9.17) is 4.74 Å². The molecule has 0 unspecified atom stereocenters. The van der Waals surface area contributed by atoms with E-state index in [0.29, 0.717) is 6.61 Å². The molecule has 0 bridgehead atoms. The van der Waals surface area contributed by atoms with Crippen LogP contribution in [0.15, 0.2) is 60.7 Å². The summed E-state index contributed by atoms with van der Waals surface area (Å²) in [5.74, 6) is 0.993.